The van der Waals surface area contributed by atoms with Gasteiger partial charge in [0, 0.05) is 17.5 Å². The van der Waals surface area contributed by atoms with Crippen molar-refractivity contribution in [2.75, 3.05) is 23.8 Å². The van der Waals surface area contributed by atoms with Gasteiger partial charge in [0.05, 0.1) is 12.0 Å². The topological polar surface area (TPSA) is 111 Å². The molecule has 0 radical (unpaired) electrons. The first-order valence-electron chi connectivity index (χ1n) is 9.92. The zero-order valence-corrected chi connectivity index (χ0v) is 18.8. The number of carbonyl (C=O) groups excluding carboxylic acids is 2. The van der Waals surface area contributed by atoms with E-state index >= 15 is 0 Å². The molecule has 0 saturated carbocycles. The van der Waals surface area contributed by atoms with E-state index in [2.05, 4.69) is 10.0 Å². The highest BCUT2D eigenvalue weighted by Crippen LogP contribution is 2.20. The Morgan fingerprint density at radius 1 is 0.912 bits per heavy atom. The number of anilines is 2. The molecule has 0 aliphatic heterocycles. The Bertz CT molecular complexity index is 1270. The summed E-state index contributed by atoms with van der Waals surface area (Å²) < 4.78 is 50.3. The zero-order chi connectivity index (χ0) is 24.6. The normalized spacial score (nSPS) is 11.1. The number of hydrogen-bond acceptors (Lipinski definition) is 6. The molecule has 0 bridgehead atoms. The van der Waals surface area contributed by atoms with Crippen LogP contribution in [0.2, 0.25) is 0 Å². The van der Waals surface area contributed by atoms with E-state index in [0.717, 1.165) is 6.08 Å². The van der Waals surface area contributed by atoms with E-state index in [1.54, 1.807) is 24.3 Å². The Morgan fingerprint density at radius 2 is 1.53 bits per heavy atom. The van der Waals surface area contributed by atoms with E-state index in [1.165, 1.54) is 61.7 Å². The fourth-order valence-corrected chi connectivity index (χ4v) is 3.77. The smallest absolute Gasteiger partial charge is 0.331 e. The fraction of sp³-hybridized carbons (Fsp3) is 0.0833. The Labute approximate surface area is 196 Å². The number of amides is 1. The molecule has 8 nitrogen and oxygen atoms in total. The summed E-state index contributed by atoms with van der Waals surface area (Å²) in [6, 6.07) is 17.4. The number of methoxy groups -OCH3 is 1. The van der Waals surface area contributed by atoms with Crippen LogP contribution in [0.25, 0.3) is 6.08 Å². The lowest BCUT2D eigenvalue weighted by atomic mass is 10.2. The molecule has 0 atom stereocenters. The lowest BCUT2D eigenvalue weighted by molar-refractivity contribution is -0.142. The second-order valence-electron chi connectivity index (χ2n) is 6.90. The summed E-state index contributed by atoms with van der Waals surface area (Å²) in [4.78, 5) is 23.7. The van der Waals surface area contributed by atoms with Gasteiger partial charge in [0.2, 0.25) is 0 Å². The van der Waals surface area contributed by atoms with Gasteiger partial charge in [-0.05, 0) is 72.3 Å². The van der Waals surface area contributed by atoms with Crippen LogP contribution in [0.15, 0.2) is 83.8 Å². The fourth-order valence-electron chi connectivity index (χ4n) is 2.71. The lowest BCUT2D eigenvalue weighted by Crippen LogP contribution is -2.20. The number of sulfonamides is 1. The van der Waals surface area contributed by atoms with Crippen LogP contribution in [0.1, 0.15) is 5.56 Å². The largest absolute Gasteiger partial charge is 0.497 e. The molecular weight excluding hydrogens is 463 g/mol. The van der Waals surface area contributed by atoms with E-state index in [0.29, 0.717) is 22.7 Å². The Balaban J connectivity index is 1.51. The van der Waals surface area contributed by atoms with Crippen LogP contribution in [0.4, 0.5) is 15.8 Å². The summed E-state index contributed by atoms with van der Waals surface area (Å²) in [5.41, 5.74) is 1.31. The van der Waals surface area contributed by atoms with Gasteiger partial charge in [-0.15, -0.1) is 0 Å². The molecule has 2 N–H and O–H groups in total. The minimum Gasteiger partial charge on any atom is -0.497 e. The summed E-state index contributed by atoms with van der Waals surface area (Å²) in [7, 11) is -2.28. The summed E-state index contributed by atoms with van der Waals surface area (Å²) in [5, 5.41) is 2.47. The molecule has 0 fully saturated rings. The van der Waals surface area contributed by atoms with Gasteiger partial charge in [-0.1, -0.05) is 12.1 Å². The van der Waals surface area contributed by atoms with E-state index < -0.39 is 34.3 Å². The Hall–Kier alpha value is -4.18. The highest BCUT2D eigenvalue weighted by atomic mass is 32.2. The van der Waals surface area contributed by atoms with Gasteiger partial charge in [0.1, 0.15) is 11.6 Å². The van der Waals surface area contributed by atoms with Gasteiger partial charge in [-0.3, -0.25) is 9.52 Å². The molecule has 3 rings (SSSR count). The van der Waals surface area contributed by atoms with E-state index in [1.807, 2.05) is 0 Å². The van der Waals surface area contributed by atoms with Gasteiger partial charge in [0.25, 0.3) is 15.9 Å². The molecule has 0 heterocycles. The Morgan fingerprint density at radius 3 is 2.15 bits per heavy atom. The average molecular weight is 485 g/mol. The zero-order valence-electron chi connectivity index (χ0n) is 18.0. The summed E-state index contributed by atoms with van der Waals surface area (Å²) in [6.07, 6.45) is 2.54. The predicted molar refractivity (Wildman–Crippen MR) is 125 cm³/mol. The third-order valence-electron chi connectivity index (χ3n) is 4.42. The summed E-state index contributed by atoms with van der Waals surface area (Å²) >= 11 is 0. The van der Waals surface area contributed by atoms with Crippen molar-refractivity contribution < 1.29 is 31.9 Å². The number of nitrogens with one attached hydrogen (secondary N) is 2. The van der Waals surface area contributed by atoms with E-state index in [-0.39, 0.29) is 4.90 Å². The van der Waals surface area contributed by atoms with E-state index in [9.17, 15) is 22.4 Å². The number of esters is 1. The number of carbonyl (C=O) groups is 2. The van der Waals surface area contributed by atoms with Crippen LogP contribution >= 0.6 is 0 Å². The van der Waals surface area contributed by atoms with Gasteiger partial charge in [-0.25, -0.2) is 17.6 Å². The molecule has 3 aromatic rings. The molecular formula is C24H21FN2O6S. The SMILES string of the molecule is COc1ccc(NS(=O)(=O)c2ccc(/C=C/C(=O)OCC(=O)Nc3ccc(F)cc3)cc2)cc1. The highest BCUT2D eigenvalue weighted by Gasteiger charge is 2.14. The predicted octanol–water partition coefficient (Wildman–Crippen LogP) is 3.83. The first-order chi connectivity index (χ1) is 16.2. The first kappa shape index (κ1) is 24.5. The monoisotopic (exact) mass is 484 g/mol. The molecule has 0 aliphatic rings. The second kappa shape index (κ2) is 11.1. The third kappa shape index (κ3) is 7.17. The maximum Gasteiger partial charge on any atom is 0.331 e. The molecule has 0 saturated heterocycles. The summed E-state index contributed by atoms with van der Waals surface area (Å²) in [6.45, 7) is -0.519. The second-order valence-corrected chi connectivity index (χ2v) is 8.58. The number of hydrogen-bond donors (Lipinski definition) is 2. The van der Waals surface area contributed by atoms with E-state index in [4.69, 9.17) is 9.47 Å². The van der Waals surface area contributed by atoms with Crippen LogP contribution in [-0.2, 0) is 24.3 Å². The van der Waals surface area contributed by atoms with Gasteiger partial charge >= 0.3 is 5.97 Å². The minimum absolute atomic E-state index is 0.0421. The molecule has 0 spiro atoms. The van der Waals surface area contributed by atoms with Crippen molar-refractivity contribution >= 4 is 39.4 Å². The van der Waals surface area contributed by atoms with Crippen LogP contribution in [0.5, 0.6) is 5.75 Å². The molecule has 0 aromatic heterocycles. The van der Waals surface area contributed by atoms with Crippen LogP contribution in [-0.4, -0.2) is 34.0 Å². The van der Waals surface area contributed by atoms with Gasteiger partial charge < -0.3 is 14.8 Å². The van der Waals surface area contributed by atoms with Crippen LogP contribution < -0.4 is 14.8 Å². The molecule has 0 unspecified atom stereocenters. The number of ether oxygens (including phenoxy) is 2. The van der Waals surface area contributed by atoms with Crippen molar-refractivity contribution in [1.82, 2.24) is 0 Å². The van der Waals surface area contributed by atoms with Gasteiger partial charge in [0.15, 0.2) is 6.61 Å². The lowest BCUT2D eigenvalue weighted by Gasteiger charge is -2.09. The minimum atomic E-state index is -3.80. The van der Waals surface area contributed by atoms with Crippen LogP contribution in [0, 0.1) is 5.82 Å². The number of benzene rings is 3. The average Bonchev–Trinajstić information content (AvgIpc) is 2.83. The number of halogens is 1. The highest BCUT2D eigenvalue weighted by molar-refractivity contribution is 7.92. The quantitative estimate of drug-likeness (QED) is 0.353. The van der Waals surface area contributed by atoms with Gasteiger partial charge in [-0.2, -0.15) is 0 Å². The maximum atomic E-state index is 12.9. The van der Waals surface area contributed by atoms with Crippen molar-refractivity contribution in [1.29, 1.82) is 0 Å². The molecule has 176 valence electrons. The van der Waals surface area contributed by atoms with Crippen molar-refractivity contribution in [2.45, 2.75) is 4.90 Å². The standard InChI is InChI=1S/C24H21FN2O6S/c1-32-21-11-9-20(10-12-21)27-34(30,31)22-13-2-17(3-14-22)4-15-24(29)33-16-23(28)26-19-7-5-18(25)6-8-19/h2-15,27H,16H2,1H3,(H,26,28)/b15-4+. The van der Waals surface area contributed by atoms with Crippen molar-refractivity contribution in [3.63, 3.8) is 0 Å². The molecule has 1 amide bonds. The Kier molecular flexibility index (Phi) is 7.99. The van der Waals surface area contributed by atoms with Crippen molar-refractivity contribution in [3.8, 4) is 5.75 Å². The number of rotatable bonds is 9. The molecule has 10 heteroatoms. The molecule has 34 heavy (non-hydrogen) atoms. The molecule has 0 aliphatic carbocycles. The molecule has 3 aromatic carbocycles. The third-order valence-corrected chi connectivity index (χ3v) is 5.82. The van der Waals surface area contributed by atoms with Crippen molar-refractivity contribution in [2.24, 2.45) is 0 Å². The first-order valence-corrected chi connectivity index (χ1v) is 11.4. The summed E-state index contributed by atoms with van der Waals surface area (Å²) in [5.74, 6) is -1.17. The maximum absolute atomic E-state index is 12.9. The van der Waals surface area contributed by atoms with Crippen LogP contribution in [0.3, 0.4) is 0 Å². The van der Waals surface area contributed by atoms with Crippen molar-refractivity contribution in [3.05, 3.63) is 90.3 Å².